The summed E-state index contributed by atoms with van der Waals surface area (Å²) in [6.07, 6.45) is 1.04. The van der Waals surface area contributed by atoms with E-state index in [1.807, 2.05) is 6.92 Å². The van der Waals surface area contributed by atoms with Gasteiger partial charge in [0.2, 0.25) is 0 Å². The number of ether oxygens (including phenoxy) is 1. The lowest BCUT2D eigenvalue weighted by molar-refractivity contribution is -0.0142. The van der Waals surface area contributed by atoms with Crippen molar-refractivity contribution in [2.75, 3.05) is 13.2 Å². The molecule has 0 aliphatic rings. The molecular formula is C15H28N2OS. The van der Waals surface area contributed by atoms with E-state index < -0.39 is 0 Å². The molecule has 0 aliphatic heterocycles. The van der Waals surface area contributed by atoms with Crippen LogP contribution in [0.15, 0.2) is 0 Å². The predicted molar refractivity (Wildman–Crippen MR) is 82.7 cm³/mol. The molecule has 0 aromatic carbocycles. The zero-order valence-electron chi connectivity index (χ0n) is 13.2. The van der Waals surface area contributed by atoms with Gasteiger partial charge in [-0.3, -0.25) is 0 Å². The highest BCUT2D eigenvalue weighted by Crippen LogP contribution is 2.31. The Hall–Kier alpha value is -0.450. The van der Waals surface area contributed by atoms with Gasteiger partial charge in [0.05, 0.1) is 5.69 Å². The summed E-state index contributed by atoms with van der Waals surface area (Å²) in [4.78, 5) is 6.21. The highest BCUT2D eigenvalue weighted by Gasteiger charge is 2.26. The van der Waals surface area contributed by atoms with Crippen LogP contribution < -0.4 is 5.32 Å². The third-order valence-electron chi connectivity index (χ3n) is 2.94. The first-order chi connectivity index (χ1) is 8.90. The van der Waals surface area contributed by atoms with E-state index in [0.717, 1.165) is 24.5 Å². The van der Waals surface area contributed by atoms with Crippen LogP contribution in [-0.4, -0.2) is 18.1 Å². The lowest BCUT2D eigenvalue weighted by atomic mass is 10.1. The van der Waals surface area contributed by atoms with Crippen molar-refractivity contribution in [3.8, 4) is 0 Å². The lowest BCUT2D eigenvalue weighted by Crippen LogP contribution is -2.21. The summed E-state index contributed by atoms with van der Waals surface area (Å²) < 4.78 is 5.82. The van der Waals surface area contributed by atoms with Gasteiger partial charge in [-0.1, -0.05) is 20.8 Å². The topological polar surface area (TPSA) is 34.1 Å². The second-order valence-electron chi connectivity index (χ2n) is 5.71. The maximum absolute atomic E-state index is 5.82. The van der Waals surface area contributed by atoms with Gasteiger partial charge in [-0.2, -0.15) is 0 Å². The molecule has 0 aliphatic carbocycles. The summed E-state index contributed by atoms with van der Waals surface area (Å²) in [6, 6.07) is 0. The highest BCUT2D eigenvalue weighted by atomic mass is 32.1. The molecule has 1 aromatic rings. The quantitative estimate of drug-likeness (QED) is 0.790. The zero-order chi connectivity index (χ0) is 14.5. The number of nitrogens with one attached hydrogen (secondary N) is 1. The van der Waals surface area contributed by atoms with Crippen LogP contribution in [0.3, 0.4) is 0 Å². The molecule has 0 spiro atoms. The van der Waals surface area contributed by atoms with Crippen LogP contribution in [0.5, 0.6) is 0 Å². The third kappa shape index (κ3) is 4.86. The van der Waals surface area contributed by atoms with E-state index in [1.165, 1.54) is 10.6 Å². The Bertz CT molecular complexity index is 385. The number of hydrogen-bond acceptors (Lipinski definition) is 4. The van der Waals surface area contributed by atoms with Crippen molar-refractivity contribution in [2.45, 2.75) is 60.1 Å². The average molecular weight is 284 g/mol. The normalized spacial score (nSPS) is 12.4. The largest absolute Gasteiger partial charge is 0.369 e. The SMILES string of the molecule is CCNCc1sc(C(C)(C)OCC)nc1CC(C)C. The van der Waals surface area contributed by atoms with Crippen LogP contribution >= 0.6 is 11.3 Å². The molecule has 1 aromatic heterocycles. The van der Waals surface area contributed by atoms with E-state index in [2.05, 4.69) is 39.9 Å². The molecular weight excluding hydrogens is 256 g/mol. The minimum atomic E-state index is -0.282. The summed E-state index contributed by atoms with van der Waals surface area (Å²) in [7, 11) is 0. The molecule has 0 atom stereocenters. The predicted octanol–water partition coefficient (Wildman–Crippen LogP) is 3.72. The molecule has 19 heavy (non-hydrogen) atoms. The van der Waals surface area contributed by atoms with Crippen molar-refractivity contribution in [3.63, 3.8) is 0 Å². The first kappa shape index (κ1) is 16.6. The number of thiazole rings is 1. The summed E-state index contributed by atoms with van der Waals surface area (Å²) in [5, 5.41) is 4.50. The van der Waals surface area contributed by atoms with E-state index in [-0.39, 0.29) is 5.60 Å². The third-order valence-corrected chi connectivity index (χ3v) is 4.34. The standard InChI is InChI=1S/C15H28N2OS/c1-7-16-10-13-12(9-11(3)4)17-14(19-13)15(5,6)18-8-2/h11,16H,7-10H2,1-6H3. The molecule has 0 radical (unpaired) electrons. The maximum atomic E-state index is 5.82. The van der Waals surface area contributed by atoms with E-state index in [4.69, 9.17) is 9.72 Å². The average Bonchev–Trinajstić information content (AvgIpc) is 2.69. The monoisotopic (exact) mass is 284 g/mol. The van der Waals surface area contributed by atoms with Gasteiger partial charge in [0.1, 0.15) is 10.6 Å². The van der Waals surface area contributed by atoms with Crippen molar-refractivity contribution in [1.29, 1.82) is 0 Å². The van der Waals surface area contributed by atoms with Crippen molar-refractivity contribution in [3.05, 3.63) is 15.6 Å². The second kappa shape index (κ2) is 7.36. The van der Waals surface area contributed by atoms with Crippen LogP contribution in [0.4, 0.5) is 0 Å². The Labute approximate surface area is 121 Å². The van der Waals surface area contributed by atoms with Crippen molar-refractivity contribution >= 4 is 11.3 Å². The van der Waals surface area contributed by atoms with Crippen LogP contribution in [0, 0.1) is 5.92 Å². The van der Waals surface area contributed by atoms with Crippen LogP contribution in [0.25, 0.3) is 0 Å². The zero-order valence-corrected chi connectivity index (χ0v) is 14.0. The van der Waals surface area contributed by atoms with Crippen LogP contribution in [-0.2, 0) is 23.3 Å². The maximum Gasteiger partial charge on any atom is 0.125 e. The Morgan fingerprint density at radius 1 is 1.32 bits per heavy atom. The summed E-state index contributed by atoms with van der Waals surface area (Å²) in [5.41, 5.74) is 0.957. The van der Waals surface area contributed by atoms with Crippen molar-refractivity contribution in [2.24, 2.45) is 5.92 Å². The minimum Gasteiger partial charge on any atom is -0.369 e. The molecule has 0 unspecified atom stereocenters. The number of rotatable bonds is 8. The molecule has 0 saturated heterocycles. The number of hydrogen-bond donors (Lipinski definition) is 1. The molecule has 0 saturated carbocycles. The Morgan fingerprint density at radius 3 is 2.53 bits per heavy atom. The van der Waals surface area contributed by atoms with Crippen LogP contribution in [0.2, 0.25) is 0 Å². The molecule has 4 heteroatoms. The Morgan fingerprint density at radius 2 is 2.00 bits per heavy atom. The summed E-state index contributed by atoms with van der Waals surface area (Å²) >= 11 is 1.79. The molecule has 0 bridgehead atoms. The molecule has 1 heterocycles. The van der Waals surface area contributed by atoms with E-state index in [0.29, 0.717) is 12.5 Å². The van der Waals surface area contributed by atoms with Gasteiger partial charge in [0.15, 0.2) is 0 Å². The molecule has 0 fully saturated rings. The van der Waals surface area contributed by atoms with Crippen molar-refractivity contribution < 1.29 is 4.74 Å². The fourth-order valence-electron chi connectivity index (χ4n) is 1.99. The number of nitrogens with zero attached hydrogens (tertiary/aromatic N) is 1. The van der Waals surface area contributed by atoms with Crippen molar-refractivity contribution in [1.82, 2.24) is 10.3 Å². The van der Waals surface area contributed by atoms with Crippen LogP contribution in [0.1, 0.15) is 57.1 Å². The van der Waals surface area contributed by atoms with Gasteiger partial charge in [-0.15, -0.1) is 11.3 Å². The first-order valence-electron chi connectivity index (χ1n) is 7.24. The smallest absolute Gasteiger partial charge is 0.125 e. The Kier molecular flexibility index (Phi) is 6.43. The van der Waals surface area contributed by atoms with Gasteiger partial charge in [0.25, 0.3) is 0 Å². The fraction of sp³-hybridized carbons (Fsp3) is 0.800. The molecule has 1 N–H and O–H groups in total. The van der Waals surface area contributed by atoms with Gasteiger partial charge in [0, 0.05) is 18.0 Å². The Balaban J connectivity index is 2.97. The van der Waals surface area contributed by atoms with Gasteiger partial charge >= 0.3 is 0 Å². The van der Waals surface area contributed by atoms with Gasteiger partial charge in [-0.25, -0.2) is 4.98 Å². The minimum absolute atomic E-state index is 0.282. The summed E-state index contributed by atoms with van der Waals surface area (Å²) in [5.74, 6) is 0.630. The van der Waals surface area contributed by atoms with E-state index in [9.17, 15) is 0 Å². The van der Waals surface area contributed by atoms with Gasteiger partial charge in [-0.05, 0) is 39.7 Å². The molecule has 0 amide bonds. The molecule has 3 nitrogen and oxygen atoms in total. The van der Waals surface area contributed by atoms with Gasteiger partial charge < -0.3 is 10.1 Å². The molecule has 1 rings (SSSR count). The molecule has 110 valence electrons. The fourth-order valence-corrected chi connectivity index (χ4v) is 3.10. The number of aromatic nitrogens is 1. The van der Waals surface area contributed by atoms with E-state index in [1.54, 1.807) is 11.3 Å². The van der Waals surface area contributed by atoms with E-state index >= 15 is 0 Å². The summed E-state index contributed by atoms with van der Waals surface area (Å²) in [6.45, 7) is 15.5. The second-order valence-corrected chi connectivity index (χ2v) is 6.79. The highest BCUT2D eigenvalue weighted by molar-refractivity contribution is 7.11. The lowest BCUT2D eigenvalue weighted by Gasteiger charge is -2.21. The first-order valence-corrected chi connectivity index (χ1v) is 8.06.